The standard InChI is InChI=1S/C11H18N2O/c1-3-7-12-8-9(2)10-5-4-6-11(14)13-10/h4-6,9,12H,3,7-8H2,1-2H3,(H,13,14). The summed E-state index contributed by atoms with van der Waals surface area (Å²) in [5.41, 5.74) is 0.939. The zero-order valence-electron chi connectivity index (χ0n) is 8.83. The van der Waals surface area contributed by atoms with Crippen molar-refractivity contribution in [2.75, 3.05) is 13.1 Å². The summed E-state index contributed by atoms with van der Waals surface area (Å²) < 4.78 is 0. The predicted octanol–water partition coefficient (Wildman–Crippen LogP) is 1.89. The SMILES string of the molecule is CCCNCC(C)c1cccc(O)n1. The molecule has 1 unspecified atom stereocenters. The summed E-state index contributed by atoms with van der Waals surface area (Å²) in [6.45, 7) is 6.18. The van der Waals surface area contributed by atoms with Crippen LogP contribution in [-0.2, 0) is 0 Å². The van der Waals surface area contributed by atoms with E-state index < -0.39 is 0 Å². The third-order valence-electron chi connectivity index (χ3n) is 2.14. The van der Waals surface area contributed by atoms with Gasteiger partial charge in [-0.15, -0.1) is 0 Å². The molecule has 0 aliphatic carbocycles. The lowest BCUT2D eigenvalue weighted by atomic mass is 10.1. The van der Waals surface area contributed by atoms with Gasteiger partial charge in [-0.2, -0.15) is 0 Å². The van der Waals surface area contributed by atoms with Crippen LogP contribution in [0, 0.1) is 0 Å². The first-order chi connectivity index (χ1) is 6.74. The number of aromatic hydroxyl groups is 1. The van der Waals surface area contributed by atoms with Crippen molar-refractivity contribution in [3.8, 4) is 5.88 Å². The third-order valence-corrected chi connectivity index (χ3v) is 2.14. The molecule has 0 amide bonds. The highest BCUT2D eigenvalue weighted by Crippen LogP contribution is 2.14. The fraction of sp³-hybridized carbons (Fsp3) is 0.545. The molecule has 3 heteroatoms. The van der Waals surface area contributed by atoms with Crippen LogP contribution in [0.5, 0.6) is 5.88 Å². The van der Waals surface area contributed by atoms with Gasteiger partial charge in [0.2, 0.25) is 5.88 Å². The molecule has 0 bridgehead atoms. The topological polar surface area (TPSA) is 45.1 Å². The first-order valence-corrected chi connectivity index (χ1v) is 5.10. The fourth-order valence-electron chi connectivity index (χ4n) is 1.31. The van der Waals surface area contributed by atoms with E-state index in [1.165, 1.54) is 0 Å². The smallest absolute Gasteiger partial charge is 0.210 e. The van der Waals surface area contributed by atoms with E-state index in [-0.39, 0.29) is 5.88 Å². The van der Waals surface area contributed by atoms with Crippen LogP contribution in [0.2, 0.25) is 0 Å². The van der Waals surface area contributed by atoms with Crippen molar-refractivity contribution in [2.24, 2.45) is 0 Å². The Morgan fingerprint density at radius 2 is 2.29 bits per heavy atom. The maximum Gasteiger partial charge on any atom is 0.210 e. The minimum Gasteiger partial charge on any atom is -0.493 e. The van der Waals surface area contributed by atoms with Gasteiger partial charge in [-0.25, -0.2) is 4.98 Å². The molecule has 0 spiro atoms. The maximum atomic E-state index is 9.20. The monoisotopic (exact) mass is 194 g/mol. The van der Waals surface area contributed by atoms with Crippen LogP contribution >= 0.6 is 0 Å². The molecule has 0 radical (unpaired) electrons. The Labute approximate surface area is 85.2 Å². The normalized spacial score (nSPS) is 12.7. The van der Waals surface area contributed by atoms with Crippen molar-refractivity contribution in [1.82, 2.24) is 10.3 Å². The van der Waals surface area contributed by atoms with Crippen LogP contribution in [0.3, 0.4) is 0 Å². The minimum absolute atomic E-state index is 0.102. The highest BCUT2D eigenvalue weighted by atomic mass is 16.3. The van der Waals surface area contributed by atoms with Gasteiger partial charge in [0.25, 0.3) is 0 Å². The third kappa shape index (κ3) is 3.34. The van der Waals surface area contributed by atoms with Crippen LogP contribution in [0.1, 0.15) is 31.9 Å². The van der Waals surface area contributed by atoms with Crippen LogP contribution in [0.15, 0.2) is 18.2 Å². The van der Waals surface area contributed by atoms with Gasteiger partial charge in [-0.05, 0) is 19.0 Å². The van der Waals surface area contributed by atoms with E-state index in [9.17, 15) is 5.11 Å². The lowest BCUT2D eigenvalue weighted by Crippen LogP contribution is -2.21. The Kier molecular flexibility index (Phi) is 4.40. The van der Waals surface area contributed by atoms with Crippen molar-refractivity contribution < 1.29 is 5.11 Å². The van der Waals surface area contributed by atoms with E-state index in [0.717, 1.165) is 25.2 Å². The van der Waals surface area contributed by atoms with Crippen molar-refractivity contribution in [1.29, 1.82) is 0 Å². The largest absolute Gasteiger partial charge is 0.493 e. The molecule has 0 fully saturated rings. The number of rotatable bonds is 5. The molecule has 0 saturated heterocycles. The van der Waals surface area contributed by atoms with Gasteiger partial charge in [0.1, 0.15) is 0 Å². The summed E-state index contributed by atoms with van der Waals surface area (Å²) >= 11 is 0. The van der Waals surface area contributed by atoms with E-state index >= 15 is 0 Å². The maximum absolute atomic E-state index is 9.20. The minimum atomic E-state index is 0.102. The predicted molar refractivity (Wildman–Crippen MR) is 57.5 cm³/mol. The van der Waals surface area contributed by atoms with Crippen LogP contribution < -0.4 is 5.32 Å². The van der Waals surface area contributed by atoms with Gasteiger partial charge in [0.05, 0.1) is 0 Å². The van der Waals surface area contributed by atoms with E-state index in [2.05, 4.69) is 24.1 Å². The van der Waals surface area contributed by atoms with Crippen LogP contribution in [0.25, 0.3) is 0 Å². The molecule has 0 aliphatic rings. The molecule has 1 aromatic heterocycles. The zero-order chi connectivity index (χ0) is 10.4. The number of nitrogens with zero attached hydrogens (tertiary/aromatic N) is 1. The molecule has 3 nitrogen and oxygen atoms in total. The molecule has 0 saturated carbocycles. The average molecular weight is 194 g/mol. The lowest BCUT2D eigenvalue weighted by Gasteiger charge is -2.11. The Balaban J connectivity index is 2.47. The molecule has 1 heterocycles. The molecular weight excluding hydrogens is 176 g/mol. The molecule has 1 aromatic rings. The second-order valence-electron chi connectivity index (χ2n) is 3.53. The van der Waals surface area contributed by atoms with Gasteiger partial charge < -0.3 is 10.4 Å². The van der Waals surface area contributed by atoms with Gasteiger partial charge in [-0.1, -0.05) is 19.9 Å². The average Bonchev–Trinajstić information content (AvgIpc) is 2.18. The van der Waals surface area contributed by atoms with Gasteiger partial charge >= 0.3 is 0 Å². The van der Waals surface area contributed by atoms with E-state index in [1.54, 1.807) is 6.07 Å². The molecule has 78 valence electrons. The first kappa shape index (κ1) is 11.0. The van der Waals surface area contributed by atoms with Crippen LogP contribution in [0.4, 0.5) is 0 Å². The summed E-state index contributed by atoms with van der Waals surface area (Å²) in [7, 11) is 0. The van der Waals surface area contributed by atoms with E-state index in [1.807, 2.05) is 12.1 Å². The fourth-order valence-corrected chi connectivity index (χ4v) is 1.31. The summed E-state index contributed by atoms with van der Waals surface area (Å²) in [5, 5.41) is 12.5. The van der Waals surface area contributed by atoms with Crippen molar-refractivity contribution in [3.63, 3.8) is 0 Å². The second kappa shape index (κ2) is 5.60. The Morgan fingerprint density at radius 1 is 1.50 bits per heavy atom. The number of aromatic nitrogens is 1. The van der Waals surface area contributed by atoms with Crippen molar-refractivity contribution in [3.05, 3.63) is 23.9 Å². The number of pyridine rings is 1. The number of nitrogens with one attached hydrogen (secondary N) is 1. The molecule has 0 aliphatic heterocycles. The highest BCUT2D eigenvalue weighted by Gasteiger charge is 2.06. The van der Waals surface area contributed by atoms with E-state index in [0.29, 0.717) is 5.92 Å². The quantitative estimate of drug-likeness (QED) is 0.704. The second-order valence-corrected chi connectivity index (χ2v) is 3.53. The lowest BCUT2D eigenvalue weighted by molar-refractivity contribution is 0.448. The first-order valence-electron chi connectivity index (χ1n) is 5.10. The molecule has 14 heavy (non-hydrogen) atoms. The number of hydrogen-bond acceptors (Lipinski definition) is 3. The summed E-state index contributed by atoms with van der Waals surface area (Å²) in [6, 6.07) is 5.36. The highest BCUT2D eigenvalue weighted by molar-refractivity contribution is 5.17. The zero-order valence-corrected chi connectivity index (χ0v) is 8.83. The van der Waals surface area contributed by atoms with E-state index in [4.69, 9.17) is 0 Å². The van der Waals surface area contributed by atoms with Gasteiger partial charge in [0.15, 0.2) is 0 Å². The van der Waals surface area contributed by atoms with Gasteiger partial charge in [0, 0.05) is 24.2 Å². The Morgan fingerprint density at radius 3 is 2.93 bits per heavy atom. The molecule has 1 rings (SSSR count). The molecule has 1 atom stereocenters. The Hall–Kier alpha value is -1.09. The molecule has 2 N–H and O–H groups in total. The van der Waals surface area contributed by atoms with Crippen LogP contribution in [-0.4, -0.2) is 23.2 Å². The summed E-state index contributed by atoms with van der Waals surface area (Å²) in [5.74, 6) is 0.443. The van der Waals surface area contributed by atoms with Crippen molar-refractivity contribution in [2.45, 2.75) is 26.2 Å². The molecular formula is C11H18N2O. The Bertz CT molecular complexity index is 276. The van der Waals surface area contributed by atoms with Gasteiger partial charge in [-0.3, -0.25) is 0 Å². The van der Waals surface area contributed by atoms with Crippen molar-refractivity contribution >= 4 is 0 Å². The molecule has 0 aromatic carbocycles. The summed E-state index contributed by atoms with van der Waals surface area (Å²) in [4.78, 5) is 4.07. The summed E-state index contributed by atoms with van der Waals surface area (Å²) in [6.07, 6.45) is 1.14. The number of hydrogen-bond donors (Lipinski definition) is 2.